The topological polar surface area (TPSA) is 35.2 Å². The molecule has 0 radical (unpaired) electrons. The van der Waals surface area contributed by atoms with Crippen molar-refractivity contribution in [3.63, 3.8) is 0 Å². The molecule has 0 aliphatic rings. The molecule has 2 rings (SSSR count). The fourth-order valence-corrected chi connectivity index (χ4v) is 2.31. The van der Waals surface area contributed by atoms with Gasteiger partial charge in [-0.25, -0.2) is 4.39 Å². The second-order valence-electron chi connectivity index (χ2n) is 4.59. The van der Waals surface area contributed by atoms with Gasteiger partial charge >= 0.3 is 0 Å². The zero-order valence-corrected chi connectivity index (χ0v) is 12.5. The van der Waals surface area contributed by atoms with Gasteiger partial charge in [0.15, 0.2) is 11.6 Å². The lowest BCUT2D eigenvalue weighted by molar-refractivity contribution is 0.416. The van der Waals surface area contributed by atoms with Crippen LogP contribution in [0.25, 0.3) is 0 Å². The van der Waals surface area contributed by atoms with Crippen LogP contribution in [0.2, 0.25) is 0 Å². The van der Waals surface area contributed by atoms with E-state index in [2.05, 4.69) is 15.9 Å². The summed E-state index contributed by atoms with van der Waals surface area (Å²) in [6.07, 6.45) is 0.717. The highest BCUT2D eigenvalue weighted by Gasteiger charge is 2.11. The Balaban J connectivity index is 2.22. The molecule has 0 spiro atoms. The molecule has 1 unspecified atom stereocenters. The molecule has 2 aromatic rings. The van der Waals surface area contributed by atoms with Gasteiger partial charge in [-0.1, -0.05) is 28.1 Å². The largest absolute Gasteiger partial charge is 0.454 e. The number of nitrogens with two attached hydrogens (primary N) is 1. The van der Waals surface area contributed by atoms with Crippen molar-refractivity contribution in [3.8, 4) is 11.5 Å². The minimum absolute atomic E-state index is 0.0405. The number of hydrogen-bond acceptors (Lipinski definition) is 2. The van der Waals surface area contributed by atoms with Crippen LogP contribution in [0, 0.1) is 11.6 Å². The summed E-state index contributed by atoms with van der Waals surface area (Å²) in [6, 6.07) is 9.12. The highest BCUT2D eigenvalue weighted by molar-refractivity contribution is 9.10. The van der Waals surface area contributed by atoms with Gasteiger partial charge in [0.2, 0.25) is 5.82 Å². The van der Waals surface area contributed by atoms with Crippen LogP contribution >= 0.6 is 15.9 Å². The Morgan fingerprint density at radius 3 is 2.65 bits per heavy atom. The van der Waals surface area contributed by atoms with Crippen molar-refractivity contribution in [2.75, 3.05) is 0 Å². The normalized spacial score (nSPS) is 12.2. The number of rotatable bonds is 4. The van der Waals surface area contributed by atoms with E-state index in [0.29, 0.717) is 5.75 Å². The first-order valence-corrected chi connectivity index (χ1v) is 6.92. The van der Waals surface area contributed by atoms with Gasteiger partial charge in [0.25, 0.3) is 0 Å². The maximum atomic E-state index is 13.5. The molecular weight excluding hydrogens is 328 g/mol. The second kappa shape index (κ2) is 6.33. The van der Waals surface area contributed by atoms with Crippen LogP contribution in [-0.2, 0) is 6.42 Å². The average molecular weight is 342 g/mol. The van der Waals surface area contributed by atoms with E-state index in [1.807, 2.05) is 13.0 Å². The third-order valence-electron chi connectivity index (χ3n) is 2.71. The summed E-state index contributed by atoms with van der Waals surface area (Å²) in [7, 11) is 0. The summed E-state index contributed by atoms with van der Waals surface area (Å²) in [4.78, 5) is 0. The van der Waals surface area contributed by atoms with Crippen LogP contribution < -0.4 is 10.5 Å². The first kappa shape index (κ1) is 14.9. The fourth-order valence-electron chi connectivity index (χ4n) is 1.79. The zero-order valence-electron chi connectivity index (χ0n) is 10.9. The van der Waals surface area contributed by atoms with Crippen molar-refractivity contribution < 1.29 is 13.5 Å². The minimum atomic E-state index is -0.997. The Kier molecular flexibility index (Phi) is 4.73. The van der Waals surface area contributed by atoms with Crippen molar-refractivity contribution in [3.05, 3.63) is 58.1 Å². The molecule has 1 atom stereocenters. The van der Waals surface area contributed by atoms with Crippen LogP contribution in [0.15, 0.2) is 40.9 Å². The molecule has 0 bridgehead atoms. The Labute approximate surface area is 124 Å². The van der Waals surface area contributed by atoms with Crippen molar-refractivity contribution in [1.82, 2.24) is 0 Å². The molecule has 20 heavy (non-hydrogen) atoms. The summed E-state index contributed by atoms with van der Waals surface area (Å²) < 4.78 is 32.8. The van der Waals surface area contributed by atoms with Gasteiger partial charge in [-0.3, -0.25) is 0 Å². The summed E-state index contributed by atoms with van der Waals surface area (Å²) in [5, 5.41) is 0. The molecule has 5 heteroatoms. The Bertz CT molecular complexity index is 617. The smallest absolute Gasteiger partial charge is 0.201 e. The molecule has 2 aromatic carbocycles. The number of ether oxygens (including phenoxy) is 1. The predicted octanol–water partition coefficient (Wildman–Crippen LogP) is 4.41. The molecule has 2 N–H and O–H groups in total. The first-order chi connectivity index (χ1) is 9.47. The maximum Gasteiger partial charge on any atom is 0.201 e. The van der Waals surface area contributed by atoms with Gasteiger partial charge in [0, 0.05) is 10.5 Å². The highest BCUT2D eigenvalue weighted by atomic mass is 79.9. The second-order valence-corrected chi connectivity index (χ2v) is 5.44. The van der Waals surface area contributed by atoms with E-state index in [4.69, 9.17) is 10.5 Å². The van der Waals surface area contributed by atoms with E-state index in [1.54, 1.807) is 12.1 Å². The quantitative estimate of drug-likeness (QED) is 0.893. The van der Waals surface area contributed by atoms with E-state index in [0.717, 1.165) is 22.5 Å². The Morgan fingerprint density at radius 1 is 1.25 bits per heavy atom. The van der Waals surface area contributed by atoms with Gasteiger partial charge in [0.1, 0.15) is 5.75 Å². The van der Waals surface area contributed by atoms with Gasteiger partial charge in [-0.2, -0.15) is 4.39 Å². The van der Waals surface area contributed by atoms with Crippen molar-refractivity contribution in [2.45, 2.75) is 19.4 Å². The minimum Gasteiger partial charge on any atom is -0.454 e. The first-order valence-electron chi connectivity index (χ1n) is 6.13. The van der Waals surface area contributed by atoms with Gasteiger partial charge < -0.3 is 10.5 Å². The number of benzene rings is 2. The molecule has 0 aromatic heterocycles. The lowest BCUT2D eigenvalue weighted by Gasteiger charge is -2.11. The summed E-state index contributed by atoms with van der Waals surface area (Å²) in [6.45, 7) is 1.92. The summed E-state index contributed by atoms with van der Waals surface area (Å²) in [5.74, 6) is -1.65. The van der Waals surface area contributed by atoms with Crippen LogP contribution in [0.5, 0.6) is 11.5 Å². The summed E-state index contributed by atoms with van der Waals surface area (Å²) in [5.41, 5.74) is 6.78. The van der Waals surface area contributed by atoms with E-state index >= 15 is 0 Å². The van der Waals surface area contributed by atoms with Crippen molar-refractivity contribution >= 4 is 15.9 Å². The molecule has 0 fully saturated rings. The van der Waals surface area contributed by atoms with Gasteiger partial charge in [-0.15, -0.1) is 0 Å². The van der Waals surface area contributed by atoms with Crippen molar-refractivity contribution in [2.24, 2.45) is 5.73 Å². The third-order valence-corrected chi connectivity index (χ3v) is 3.45. The molecule has 0 saturated heterocycles. The number of halogens is 3. The average Bonchev–Trinajstić information content (AvgIpc) is 2.38. The maximum absolute atomic E-state index is 13.5. The fraction of sp³-hybridized carbons (Fsp3) is 0.200. The summed E-state index contributed by atoms with van der Waals surface area (Å²) >= 11 is 3.42. The molecule has 0 saturated carbocycles. The van der Waals surface area contributed by atoms with Crippen molar-refractivity contribution in [1.29, 1.82) is 0 Å². The molecule has 0 heterocycles. The Morgan fingerprint density at radius 2 is 2.00 bits per heavy atom. The van der Waals surface area contributed by atoms with E-state index < -0.39 is 11.6 Å². The third kappa shape index (κ3) is 3.55. The monoisotopic (exact) mass is 341 g/mol. The predicted molar refractivity (Wildman–Crippen MR) is 77.9 cm³/mol. The van der Waals surface area contributed by atoms with Gasteiger partial charge in [-0.05, 0) is 43.2 Å². The SMILES string of the molecule is CC(N)Cc1ccc(Oc2cccc(F)c2F)cc1Br. The van der Waals surface area contributed by atoms with Crippen LogP contribution in [0.3, 0.4) is 0 Å². The lowest BCUT2D eigenvalue weighted by atomic mass is 10.1. The molecule has 106 valence electrons. The zero-order chi connectivity index (χ0) is 14.7. The molecule has 0 amide bonds. The Hall–Kier alpha value is -1.46. The molecule has 0 aliphatic heterocycles. The molecule has 0 aliphatic carbocycles. The standard InChI is InChI=1S/C15H14BrF2NO/c1-9(19)7-10-5-6-11(8-12(10)16)20-14-4-2-3-13(17)15(14)18/h2-6,8-9H,7,19H2,1H3. The lowest BCUT2D eigenvalue weighted by Crippen LogP contribution is -2.17. The van der Waals surface area contributed by atoms with Crippen LogP contribution in [-0.4, -0.2) is 6.04 Å². The van der Waals surface area contributed by atoms with Gasteiger partial charge in [0.05, 0.1) is 0 Å². The van der Waals surface area contributed by atoms with E-state index in [1.165, 1.54) is 12.1 Å². The van der Waals surface area contributed by atoms with Crippen LogP contribution in [0.1, 0.15) is 12.5 Å². The van der Waals surface area contributed by atoms with E-state index in [9.17, 15) is 8.78 Å². The van der Waals surface area contributed by atoms with E-state index in [-0.39, 0.29) is 11.8 Å². The van der Waals surface area contributed by atoms with Crippen LogP contribution in [0.4, 0.5) is 8.78 Å². The highest BCUT2D eigenvalue weighted by Crippen LogP contribution is 2.29. The number of hydrogen-bond donors (Lipinski definition) is 1. The molecule has 2 nitrogen and oxygen atoms in total. The molecular formula is C15H14BrF2NO.